The number of aromatic nitrogens is 5. The summed E-state index contributed by atoms with van der Waals surface area (Å²) >= 11 is 1.48. The predicted octanol–water partition coefficient (Wildman–Crippen LogP) is 6.77. The summed E-state index contributed by atoms with van der Waals surface area (Å²) in [6.07, 6.45) is 3.25. The number of hydrogen-bond acceptors (Lipinski definition) is 7. The molecular weight excluding hydrogens is 610 g/mol. The third kappa shape index (κ3) is 5.03. The number of ether oxygens (including phenoxy) is 2. The Labute approximate surface area is 267 Å². The van der Waals surface area contributed by atoms with E-state index in [0.29, 0.717) is 35.7 Å². The van der Waals surface area contributed by atoms with Crippen molar-refractivity contribution in [2.45, 2.75) is 19.5 Å². The van der Waals surface area contributed by atoms with Crippen LogP contribution in [0.1, 0.15) is 18.7 Å². The van der Waals surface area contributed by atoms with Crippen molar-refractivity contribution < 1.29 is 23.0 Å². The van der Waals surface area contributed by atoms with Crippen LogP contribution in [0, 0.1) is 11.6 Å². The molecule has 4 aromatic heterocycles. The number of rotatable bonds is 8. The molecule has 2 aromatic carbocycles. The summed E-state index contributed by atoms with van der Waals surface area (Å²) in [5.74, 6) is -1.68. The van der Waals surface area contributed by atoms with E-state index < -0.39 is 11.6 Å². The smallest absolute Gasteiger partial charge is 0.246 e. The highest BCUT2D eigenvalue weighted by Crippen LogP contribution is 2.47. The Morgan fingerprint density at radius 2 is 1.93 bits per heavy atom. The molecule has 234 valence electrons. The Kier molecular flexibility index (Phi) is 7.61. The zero-order valence-corrected chi connectivity index (χ0v) is 26.3. The van der Waals surface area contributed by atoms with E-state index in [-0.39, 0.29) is 36.5 Å². The van der Waals surface area contributed by atoms with Crippen LogP contribution in [0.2, 0.25) is 0 Å². The molecule has 0 saturated heterocycles. The lowest BCUT2D eigenvalue weighted by Crippen LogP contribution is -2.40. The van der Waals surface area contributed by atoms with Crippen molar-refractivity contribution in [1.29, 1.82) is 0 Å². The molecule has 1 aliphatic heterocycles. The fourth-order valence-electron chi connectivity index (χ4n) is 6.13. The molecule has 7 rings (SSSR count). The van der Waals surface area contributed by atoms with E-state index in [0.717, 1.165) is 38.3 Å². The van der Waals surface area contributed by atoms with Crippen molar-refractivity contribution in [2.75, 3.05) is 26.9 Å². The van der Waals surface area contributed by atoms with Crippen LogP contribution in [-0.2, 0) is 23.1 Å². The number of hydrogen-bond donors (Lipinski definition) is 0. The zero-order valence-electron chi connectivity index (χ0n) is 25.5. The van der Waals surface area contributed by atoms with Crippen molar-refractivity contribution in [3.05, 3.63) is 84.0 Å². The van der Waals surface area contributed by atoms with Crippen LogP contribution in [0.5, 0.6) is 5.75 Å². The van der Waals surface area contributed by atoms with Gasteiger partial charge < -0.3 is 14.4 Å². The molecule has 0 saturated carbocycles. The first kappa shape index (κ1) is 29.8. The molecular formula is C34H30F2N6O3S. The van der Waals surface area contributed by atoms with Gasteiger partial charge in [0.15, 0.2) is 0 Å². The number of amides is 1. The molecule has 1 atom stereocenters. The highest BCUT2D eigenvalue weighted by Gasteiger charge is 2.31. The number of halogens is 2. The summed E-state index contributed by atoms with van der Waals surface area (Å²) in [6, 6.07) is 11.5. The number of carbonyl (C=O) groups excluding carboxylic acids is 1. The van der Waals surface area contributed by atoms with Gasteiger partial charge >= 0.3 is 0 Å². The number of benzene rings is 2. The maximum atomic E-state index is 16.0. The molecule has 0 radical (unpaired) electrons. The van der Waals surface area contributed by atoms with Gasteiger partial charge in [0.1, 0.15) is 35.4 Å². The molecule has 0 unspecified atom stereocenters. The van der Waals surface area contributed by atoms with Crippen LogP contribution in [0.25, 0.3) is 54.8 Å². The average Bonchev–Trinajstić information content (AvgIpc) is 3.78. The van der Waals surface area contributed by atoms with Crippen molar-refractivity contribution in [1.82, 2.24) is 29.4 Å². The highest BCUT2D eigenvalue weighted by molar-refractivity contribution is 7.17. The Balaban J connectivity index is 1.50. The minimum absolute atomic E-state index is 0.0350. The van der Waals surface area contributed by atoms with Gasteiger partial charge in [-0.25, -0.2) is 13.8 Å². The number of nitrogens with zero attached hydrogens (tertiary/aromatic N) is 6. The Hall–Kier alpha value is -4.94. The quantitative estimate of drug-likeness (QED) is 0.135. The Bertz CT molecular complexity index is 2150. The highest BCUT2D eigenvalue weighted by atomic mass is 32.1. The van der Waals surface area contributed by atoms with E-state index in [2.05, 4.69) is 11.7 Å². The summed E-state index contributed by atoms with van der Waals surface area (Å²) in [4.78, 5) is 19.5. The molecule has 1 aliphatic rings. The topological polar surface area (TPSA) is 87.3 Å². The standard InChI is InChI=1S/C34H30F2N6O3S/c1-5-29(43)41-9-10-42-27(19(41)2)17-26(39-42)33-30(31-24(36)15-22(35)16-28(31)45-12-11-44-4)23-8-13-46-34(23)32(37-33)20-6-7-21-18-40(3)38-25(21)14-20/h5-8,13-19H,1,9-12H2,2-4H3/t19-/m1/s1. The average molecular weight is 641 g/mol. The minimum Gasteiger partial charge on any atom is -0.490 e. The second-order valence-electron chi connectivity index (χ2n) is 11.1. The summed E-state index contributed by atoms with van der Waals surface area (Å²) < 4.78 is 46.1. The van der Waals surface area contributed by atoms with Crippen LogP contribution in [0.15, 0.2) is 66.7 Å². The second kappa shape index (κ2) is 11.8. The molecule has 0 spiro atoms. The van der Waals surface area contributed by atoms with Gasteiger partial charge in [0.05, 0.1) is 46.4 Å². The maximum Gasteiger partial charge on any atom is 0.246 e. The number of methoxy groups -OCH3 is 1. The van der Waals surface area contributed by atoms with Crippen LogP contribution >= 0.6 is 11.3 Å². The molecule has 6 aromatic rings. The first-order valence-corrected chi connectivity index (χ1v) is 15.6. The third-order valence-corrected chi connectivity index (χ3v) is 9.20. The van der Waals surface area contributed by atoms with Crippen molar-refractivity contribution in [3.63, 3.8) is 0 Å². The number of fused-ring (bicyclic) bond motifs is 3. The normalized spacial score (nSPS) is 14.6. The molecule has 0 aliphatic carbocycles. The van der Waals surface area contributed by atoms with Gasteiger partial charge in [0.2, 0.25) is 5.91 Å². The lowest BCUT2D eigenvalue weighted by atomic mass is 9.95. The summed E-state index contributed by atoms with van der Waals surface area (Å²) in [6.45, 7) is 6.83. The van der Waals surface area contributed by atoms with Gasteiger partial charge in [0.25, 0.3) is 0 Å². The molecule has 12 heteroatoms. The number of carbonyl (C=O) groups is 1. The fraction of sp³-hybridized carbons (Fsp3) is 0.235. The van der Waals surface area contributed by atoms with Crippen molar-refractivity contribution >= 4 is 38.2 Å². The third-order valence-electron chi connectivity index (χ3n) is 8.28. The van der Waals surface area contributed by atoms with E-state index in [1.165, 1.54) is 30.6 Å². The first-order chi connectivity index (χ1) is 22.3. The van der Waals surface area contributed by atoms with E-state index in [4.69, 9.17) is 19.6 Å². The largest absolute Gasteiger partial charge is 0.490 e. The molecule has 5 heterocycles. The van der Waals surface area contributed by atoms with Gasteiger partial charge in [-0.3, -0.25) is 14.2 Å². The lowest BCUT2D eigenvalue weighted by molar-refractivity contribution is -0.129. The van der Waals surface area contributed by atoms with Crippen molar-refractivity contribution in [2.24, 2.45) is 7.05 Å². The molecule has 1 amide bonds. The predicted molar refractivity (Wildman–Crippen MR) is 174 cm³/mol. The second-order valence-corrected chi connectivity index (χ2v) is 12.0. The molecule has 0 fully saturated rings. The van der Waals surface area contributed by atoms with Crippen molar-refractivity contribution in [3.8, 4) is 39.5 Å². The Morgan fingerprint density at radius 1 is 1.09 bits per heavy atom. The first-order valence-electron chi connectivity index (χ1n) is 14.7. The van der Waals surface area contributed by atoms with E-state index >= 15 is 4.39 Å². The lowest BCUT2D eigenvalue weighted by Gasteiger charge is -2.33. The fourth-order valence-corrected chi connectivity index (χ4v) is 7.05. The van der Waals surface area contributed by atoms with Gasteiger partial charge in [-0.1, -0.05) is 18.7 Å². The van der Waals surface area contributed by atoms with E-state index in [1.54, 1.807) is 9.58 Å². The molecule has 0 bridgehead atoms. The van der Waals surface area contributed by atoms with Crippen LogP contribution in [0.3, 0.4) is 0 Å². The summed E-state index contributed by atoms with van der Waals surface area (Å²) in [5.41, 5.74) is 4.55. The van der Waals surface area contributed by atoms with Gasteiger partial charge in [-0.15, -0.1) is 11.3 Å². The van der Waals surface area contributed by atoms with Crippen LogP contribution in [0.4, 0.5) is 8.78 Å². The molecule has 0 N–H and O–H groups in total. The number of aryl methyl sites for hydroxylation is 1. The molecule has 46 heavy (non-hydrogen) atoms. The van der Waals surface area contributed by atoms with Crippen LogP contribution in [-0.4, -0.2) is 62.2 Å². The van der Waals surface area contributed by atoms with Crippen LogP contribution < -0.4 is 4.74 Å². The molecule has 9 nitrogen and oxygen atoms in total. The van der Waals surface area contributed by atoms with Gasteiger partial charge in [-0.05, 0) is 36.6 Å². The number of thiophene rings is 1. The monoisotopic (exact) mass is 640 g/mol. The zero-order chi connectivity index (χ0) is 32.1. The van der Waals surface area contributed by atoms with E-state index in [1.807, 2.05) is 60.6 Å². The van der Waals surface area contributed by atoms with Gasteiger partial charge in [0, 0.05) is 60.9 Å². The Morgan fingerprint density at radius 3 is 2.74 bits per heavy atom. The van der Waals surface area contributed by atoms with Gasteiger partial charge in [-0.2, -0.15) is 10.2 Å². The minimum atomic E-state index is -0.786. The summed E-state index contributed by atoms with van der Waals surface area (Å²) in [5, 5.41) is 13.2. The number of pyridine rings is 1. The SMILES string of the molecule is C=CC(=O)N1CCn2nc(-c3nc(-c4ccc5cn(C)nc5c4)c4sccc4c3-c3c(F)cc(F)cc3OCCOC)cc2[C@H]1C. The maximum absolute atomic E-state index is 16.0. The van der Waals surface area contributed by atoms with E-state index in [9.17, 15) is 9.18 Å². The summed E-state index contributed by atoms with van der Waals surface area (Å²) in [7, 11) is 3.40.